The van der Waals surface area contributed by atoms with Gasteiger partial charge in [0.15, 0.2) is 0 Å². The van der Waals surface area contributed by atoms with Crippen LogP contribution >= 0.6 is 0 Å². The summed E-state index contributed by atoms with van der Waals surface area (Å²) >= 11 is 0. The average molecular weight is 399 g/mol. The summed E-state index contributed by atoms with van der Waals surface area (Å²) in [5.41, 5.74) is 12.2. The molecule has 5 aliphatic carbocycles. The fourth-order valence-electron chi connectivity index (χ4n) is 7.96. The number of fused-ring (bicyclic) bond motifs is 5. The Hall–Kier alpha value is -1.13. The number of hydroxylamine groups is 1. The molecule has 4 heteroatoms. The van der Waals surface area contributed by atoms with Gasteiger partial charge >= 0.3 is 0 Å². The normalized spacial score (nSPS) is 49.3. The number of allylic oxidation sites excluding steroid dienone is 3. The molecule has 0 aromatic carbocycles. The van der Waals surface area contributed by atoms with E-state index in [1.807, 2.05) is 0 Å². The molecule has 5 aliphatic rings. The lowest BCUT2D eigenvalue weighted by molar-refractivity contribution is -0.133. The number of ketones is 1. The van der Waals surface area contributed by atoms with Crippen LogP contribution in [-0.2, 0) is 9.63 Å². The smallest absolute Gasteiger partial charge is 0.139 e. The molecule has 0 heterocycles. The second kappa shape index (κ2) is 6.95. The minimum Gasteiger partial charge on any atom is -0.325 e. The van der Waals surface area contributed by atoms with Crippen LogP contribution in [0.2, 0.25) is 0 Å². The second-order valence-electron chi connectivity index (χ2n) is 11.2. The van der Waals surface area contributed by atoms with Gasteiger partial charge in [-0.25, -0.2) is 0 Å². The highest BCUT2D eigenvalue weighted by Gasteiger charge is 2.60. The number of carbonyl (C=O) groups excluding carboxylic acids is 1. The molecule has 3 unspecified atom stereocenters. The summed E-state index contributed by atoms with van der Waals surface area (Å²) in [7, 11) is 0. The topological polar surface area (TPSA) is 64.3 Å². The molecule has 0 bridgehead atoms. The Balaban J connectivity index is 1.34. The molecule has 0 saturated heterocycles. The highest BCUT2D eigenvalue weighted by molar-refractivity contribution is 5.87. The van der Waals surface area contributed by atoms with Crippen molar-refractivity contribution in [2.24, 2.45) is 40.2 Å². The number of rotatable bonds is 3. The maximum absolute atomic E-state index is 12.6. The molecule has 5 rings (SSSR count). The highest BCUT2D eigenvalue weighted by Crippen LogP contribution is 2.65. The van der Waals surface area contributed by atoms with Crippen LogP contribution in [0, 0.1) is 34.5 Å². The van der Waals surface area contributed by atoms with Crippen LogP contribution in [0.15, 0.2) is 23.9 Å². The Bertz CT molecular complexity index is 745. The summed E-state index contributed by atoms with van der Waals surface area (Å²) in [5.74, 6) is 2.87. The molecule has 29 heavy (non-hydrogen) atoms. The Morgan fingerprint density at radius 3 is 2.72 bits per heavy atom. The first-order valence-electron chi connectivity index (χ1n) is 11.9. The monoisotopic (exact) mass is 398 g/mol. The number of nitrogens with two attached hydrogens (primary N) is 1. The van der Waals surface area contributed by atoms with Crippen LogP contribution in [-0.4, -0.2) is 17.9 Å². The summed E-state index contributed by atoms with van der Waals surface area (Å²) < 4.78 is 0. The standard InChI is InChI=1S/C25H38N2O2/c1-15-13-17-18-7-8-23(28)25(18,3)12-10-19(17)24(2)11-9-16(14-20(15)24)27-29-22-6-4-5-21(22)26/h14,17-22,27H,1,4-13,26H2,2-3H3/t17-,18-,19-,20?,21?,22?,24+,25-/m0/s1. The third kappa shape index (κ3) is 2.96. The van der Waals surface area contributed by atoms with Gasteiger partial charge in [0.2, 0.25) is 0 Å². The van der Waals surface area contributed by atoms with Crippen molar-refractivity contribution in [3.8, 4) is 0 Å². The third-order valence-corrected chi connectivity index (χ3v) is 9.79. The van der Waals surface area contributed by atoms with E-state index in [1.54, 1.807) is 0 Å². The third-order valence-electron chi connectivity index (χ3n) is 9.79. The van der Waals surface area contributed by atoms with Crippen LogP contribution in [0.25, 0.3) is 0 Å². The molecule has 4 fully saturated rings. The maximum Gasteiger partial charge on any atom is 0.139 e. The highest BCUT2D eigenvalue weighted by atomic mass is 16.7. The summed E-state index contributed by atoms with van der Waals surface area (Å²) in [6, 6.07) is 0.160. The molecular weight excluding hydrogens is 360 g/mol. The predicted molar refractivity (Wildman–Crippen MR) is 115 cm³/mol. The van der Waals surface area contributed by atoms with Crippen LogP contribution in [0.5, 0.6) is 0 Å². The predicted octanol–water partition coefficient (Wildman–Crippen LogP) is 4.66. The largest absolute Gasteiger partial charge is 0.325 e. The molecule has 0 amide bonds. The Morgan fingerprint density at radius 1 is 1.14 bits per heavy atom. The van der Waals surface area contributed by atoms with E-state index in [1.165, 1.54) is 24.1 Å². The van der Waals surface area contributed by atoms with Crippen molar-refractivity contribution in [3.05, 3.63) is 23.9 Å². The number of carbonyl (C=O) groups is 1. The van der Waals surface area contributed by atoms with Crippen LogP contribution in [0.4, 0.5) is 0 Å². The van der Waals surface area contributed by atoms with E-state index >= 15 is 0 Å². The van der Waals surface area contributed by atoms with E-state index in [9.17, 15) is 4.79 Å². The summed E-state index contributed by atoms with van der Waals surface area (Å²) in [6.07, 6.45) is 13.3. The van der Waals surface area contributed by atoms with Crippen LogP contribution < -0.4 is 11.2 Å². The molecule has 8 atom stereocenters. The van der Waals surface area contributed by atoms with Gasteiger partial charge < -0.3 is 5.73 Å². The maximum atomic E-state index is 12.6. The quantitative estimate of drug-likeness (QED) is 0.536. The van der Waals surface area contributed by atoms with E-state index in [2.05, 4.69) is 32.0 Å². The van der Waals surface area contributed by atoms with Gasteiger partial charge in [-0.3, -0.25) is 15.1 Å². The van der Waals surface area contributed by atoms with E-state index < -0.39 is 0 Å². The average Bonchev–Trinajstić information content (AvgIpc) is 3.23. The van der Waals surface area contributed by atoms with Crippen LogP contribution in [0.1, 0.15) is 78.1 Å². The van der Waals surface area contributed by atoms with Crippen LogP contribution in [0.3, 0.4) is 0 Å². The molecule has 0 spiro atoms. The van der Waals surface area contributed by atoms with E-state index in [0.717, 1.165) is 51.4 Å². The summed E-state index contributed by atoms with van der Waals surface area (Å²) in [5, 5.41) is 0. The second-order valence-corrected chi connectivity index (χ2v) is 11.2. The molecule has 160 valence electrons. The Morgan fingerprint density at radius 2 is 1.97 bits per heavy atom. The molecule has 4 saturated carbocycles. The lowest BCUT2D eigenvalue weighted by atomic mass is 9.45. The van der Waals surface area contributed by atoms with E-state index in [-0.39, 0.29) is 23.0 Å². The fraction of sp³-hybridized carbons (Fsp3) is 0.800. The molecule has 0 radical (unpaired) electrons. The van der Waals surface area contributed by atoms with Gasteiger partial charge in [-0.2, -0.15) is 0 Å². The van der Waals surface area contributed by atoms with Gasteiger partial charge in [-0.1, -0.05) is 32.1 Å². The number of hydrogen-bond donors (Lipinski definition) is 2. The van der Waals surface area contributed by atoms with Crippen molar-refractivity contribution in [2.45, 2.75) is 90.2 Å². The lowest BCUT2D eigenvalue weighted by Gasteiger charge is -2.59. The van der Waals surface area contributed by atoms with Crippen molar-refractivity contribution in [1.29, 1.82) is 0 Å². The first-order chi connectivity index (χ1) is 13.8. The van der Waals surface area contributed by atoms with Gasteiger partial charge in [-0.15, -0.1) is 0 Å². The molecule has 4 nitrogen and oxygen atoms in total. The zero-order chi connectivity index (χ0) is 20.4. The number of Topliss-reactive ketones (excluding diaryl/α,β-unsaturated/α-hetero) is 1. The van der Waals surface area contributed by atoms with Crippen molar-refractivity contribution < 1.29 is 9.63 Å². The minimum atomic E-state index is -0.0598. The number of nitrogens with one attached hydrogen (secondary N) is 1. The van der Waals surface area contributed by atoms with Gasteiger partial charge in [0.05, 0.1) is 0 Å². The summed E-state index contributed by atoms with van der Waals surface area (Å²) in [4.78, 5) is 18.6. The van der Waals surface area contributed by atoms with E-state index in [0.29, 0.717) is 29.5 Å². The molecule has 0 aromatic rings. The first-order valence-corrected chi connectivity index (χ1v) is 11.9. The van der Waals surface area contributed by atoms with E-state index in [4.69, 9.17) is 10.6 Å². The number of hydrogen-bond acceptors (Lipinski definition) is 4. The van der Waals surface area contributed by atoms with Crippen molar-refractivity contribution in [3.63, 3.8) is 0 Å². The van der Waals surface area contributed by atoms with Crippen molar-refractivity contribution in [2.75, 3.05) is 0 Å². The zero-order valence-electron chi connectivity index (χ0n) is 18.2. The van der Waals surface area contributed by atoms with Crippen molar-refractivity contribution >= 4 is 5.78 Å². The molecule has 0 aliphatic heterocycles. The molecule has 0 aromatic heterocycles. The van der Waals surface area contributed by atoms with Crippen molar-refractivity contribution in [1.82, 2.24) is 5.48 Å². The van der Waals surface area contributed by atoms with Gasteiger partial charge in [0, 0.05) is 29.5 Å². The Labute approximate surface area is 175 Å². The lowest BCUT2D eigenvalue weighted by Crippen LogP contribution is -2.53. The Kier molecular flexibility index (Phi) is 4.75. The fourth-order valence-corrected chi connectivity index (χ4v) is 7.96. The van der Waals surface area contributed by atoms with Gasteiger partial charge in [0.25, 0.3) is 0 Å². The van der Waals surface area contributed by atoms with Gasteiger partial charge in [0.1, 0.15) is 11.9 Å². The summed E-state index contributed by atoms with van der Waals surface area (Å²) in [6.45, 7) is 9.32. The molecular formula is C25H38N2O2. The van der Waals surface area contributed by atoms with Gasteiger partial charge in [-0.05, 0) is 81.0 Å². The molecule has 3 N–H and O–H groups in total. The zero-order valence-corrected chi connectivity index (χ0v) is 18.2. The SMILES string of the molecule is C=C1C[C@@H]2[C@H](CC[C@]3(C)C(=O)CC[C@@H]23)[C@@]2(C)CCC(NOC3CCCC3N)=CC12. The first kappa shape index (κ1) is 19.8. The minimum absolute atomic E-state index is 0.0598.